The molecule has 2 amide bonds. The minimum absolute atomic E-state index is 0.0963. The van der Waals surface area contributed by atoms with Crippen molar-refractivity contribution in [3.05, 3.63) is 35.8 Å². The maximum absolute atomic E-state index is 15.4. The maximum Gasteiger partial charge on any atom is 0.338 e. The molecule has 0 radical (unpaired) electrons. The third-order valence-corrected chi connectivity index (χ3v) is 9.69. The first-order valence-electron chi connectivity index (χ1n) is 17.0. The SMILES string of the molecule is COc1ncc(-c2nc(N3CCOCC3)nc3c(CN4CCC(CCNC(=O)NOC5CCCCO5)CC4)cc(F)cc23)cc1NS(C)(=O)=O. The molecule has 3 aliphatic heterocycles. The highest BCUT2D eigenvalue weighted by Crippen LogP contribution is 2.35. The molecule has 50 heavy (non-hydrogen) atoms. The molecule has 3 fully saturated rings. The smallest absolute Gasteiger partial charge is 0.338 e. The number of likely N-dealkylation sites (tertiary alicyclic amines) is 1. The molecule has 5 heterocycles. The number of amides is 2. The van der Waals surface area contributed by atoms with Crippen molar-refractivity contribution < 1.29 is 36.7 Å². The lowest BCUT2D eigenvalue weighted by atomic mass is 9.93. The number of methoxy groups -OCH3 is 1. The molecule has 1 aromatic carbocycles. The Kier molecular flexibility index (Phi) is 11.8. The quantitative estimate of drug-likeness (QED) is 0.234. The second-order valence-electron chi connectivity index (χ2n) is 12.9. The van der Waals surface area contributed by atoms with Gasteiger partial charge in [-0.2, -0.15) is 0 Å². The summed E-state index contributed by atoms with van der Waals surface area (Å²) in [5.41, 5.74) is 4.82. The average molecular weight is 717 g/mol. The Morgan fingerprint density at radius 1 is 1.06 bits per heavy atom. The Hall–Kier alpha value is -3.90. The lowest BCUT2D eigenvalue weighted by molar-refractivity contribution is -0.186. The van der Waals surface area contributed by atoms with Gasteiger partial charge in [0.2, 0.25) is 21.9 Å². The van der Waals surface area contributed by atoms with Crippen LogP contribution in [0.1, 0.15) is 44.1 Å². The number of hydrogen-bond acceptors (Lipinski definition) is 12. The number of halogens is 1. The molecular weight excluding hydrogens is 671 g/mol. The Bertz CT molecular complexity index is 1750. The first-order valence-corrected chi connectivity index (χ1v) is 18.9. The predicted molar refractivity (Wildman–Crippen MR) is 185 cm³/mol. The summed E-state index contributed by atoms with van der Waals surface area (Å²) in [7, 11) is -2.25. The summed E-state index contributed by atoms with van der Waals surface area (Å²) in [6.07, 6.45) is 7.69. The fourth-order valence-electron chi connectivity index (χ4n) is 6.54. The van der Waals surface area contributed by atoms with Crippen LogP contribution in [0.2, 0.25) is 0 Å². The number of urea groups is 1. The van der Waals surface area contributed by atoms with E-state index in [1.54, 1.807) is 6.07 Å². The Morgan fingerprint density at radius 2 is 1.86 bits per heavy atom. The monoisotopic (exact) mass is 716 g/mol. The summed E-state index contributed by atoms with van der Waals surface area (Å²) in [6, 6.07) is 4.15. The number of hydroxylamine groups is 1. The van der Waals surface area contributed by atoms with Gasteiger partial charge < -0.3 is 24.4 Å². The lowest BCUT2D eigenvalue weighted by Gasteiger charge is -2.32. The van der Waals surface area contributed by atoms with E-state index in [0.717, 1.165) is 63.4 Å². The fraction of sp³-hybridized carbons (Fsp3) is 0.576. The number of pyridine rings is 1. The highest BCUT2D eigenvalue weighted by molar-refractivity contribution is 7.92. The molecule has 1 unspecified atom stereocenters. The standard InChI is InChI=1S/C33H45FN8O7S/c1-46-31-27(40-50(2,44)45)18-23(20-36-31)29-26-19-25(34)17-24(30(26)38-32(37-29)42-12-15-47-16-13-42)21-41-10-7-22(8-11-41)6-9-35-33(43)39-49-28-5-3-4-14-48-28/h17-20,22,28,40H,3-16,21H2,1-2H3,(H2,35,39,43). The van der Waals surface area contributed by atoms with E-state index in [9.17, 15) is 13.2 Å². The van der Waals surface area contributed by atoms with Crippen molar-refractivity contribution in [3.63, 3.8) is 0 Å². The molecule has 1 atom stereocenters. The van der Waals surface area contributed by atoms with Crippen molar-refractivity contribution in [1.82, 2.24) is 30.6 Å². The van der Waals surface area contributed by atoms with Gasteiger partial charge in [0.1, 0.15) is 11.5 Å². The summed E-state index contributed by atoms with van der Waals surface area (Å²) in [5, 5.41) is 3.35. The number of morpholine rings is 1. The summed E-state index contributed by atoms with van der Waals surface area (Å²) in [4.78, 5) is 36.0. The van der Waals surface area contributed by atoms with Gasteiger partial charge >= 0.3 is 6.03 Å². The van der Waals surface area contributed by atoms with E-state index in [-0.39, 0.29) is 17.6 Å². The molecule has 0 saturated carbocycles. The van der Waals surface area contributed by atoms with E-state index in [4.69, 9.17) is 29.0 Å². The summed E-state index contributed by atoms with van der Waals surface area (Å²) >= 11 is 0. The van der Waals surface area contributed by atoms with Gasteiger partial charge in [0.25, 0.3) is 0 Å². The minimum atomic E-state index is -3.65. The number of ether oxygens (including phenoxy) is 3. The van der Waals surface area contributed by atoms with Gasteiger partial charge in [-0.1, -0.05) is 0 Å². The molecule has 6 rings (SSSR count). The number of carbonyl (C=O) groups is 1. The molecule has 0 spiro atoms. The molecule has 3 N–H and O–H groups in total. The van der Waals surface area contributed by atoms with Crippen LogP contribution in [0.15, 0.2) is 24.4 Å². The number of nitrogens with zero attached hydrogens (tertiary/aromatic N) is 5. The van der Waals surface area contributed by atoms with Crippen LogP contribution in [-0.2, 0) is 30.9 Å². The molecule has 3 aliphatic rings. The highest BCUT2D eigenvalue weighted by Gasteiger charge is 2.24. The van der Waals surface area contributed by atoms with Crippen LogP contribution in [0.25, 0.3) is 22.2 Å². The molecule has 2 aromatic heterocycles. The molecule has 15 nitrogen and oxygen atoms in total. The minimum Gasteiger partial charge on any atom is -0.480 e. The number of piperidine rings is 1. The Balaban J connectivity index is 1.17. The van der Waals surface area contributed by atoms with Crippen LogP contribution in [0, 0.1) is 11.7 Å². The van der Waals surface area contributed by atoms with E-state index in [0.29, 0.717) is 80.0 Å². The zero-order valence-electron chi connectivity index (χ0n) is 28.5. The summed E-state index contributed by atoms with van der Waals surface area (Å²) < 4.78 is 58.4. The van der Waals surface area contributed by atoms with Gasteiger partial charge in [-0.15, -0.1) is 0 Å². The second kappa shape index (κ2) is 16.4. The lowest BCUT2D eigenvalue weighted by Crippen LogP contribution is -2.40. The van der Waals surface area contributed by atoms with Crippen LogP contribution in [-0.4, -0.2) is 107 Å². The number of nitrogens with one attached hydrogen (secondary N) is 3. The number of rotatable bonds is 12. The van der Waals surface area contributed by atoms with E-state index >= 15 is 4.39 Å². The zero-order chi connectivity index (χ0) is 35.1. The largest absolute Gasteiger partial charge is 0.480 e. The molecule has 3 aromatic rings. The normalized spacial score (nSPS) is 19.3. The van der Waals surface area contributed by atoms with E-state index in [1.807, 2.05) is 4.90 Å². The second-order valence-corrected chi connectivity index (χ2v) is 14.6. The topological polar surface area (TPSA) is 169 Å². The van der Waals surface area contributed by atoms with Crippen LogP contribution in [0.5, 0.6) is 5.88 Å². The number of carbonyl (C=O) groups excluding carboxylic acids is 1. The van der Waals surface area contributed by atoms with E-state index < -0.39 is 22.1 Å². The Morgan fingerprint density at radius 3 is 2.58 bits per heavy atom. The van der Waals surface area contributed by atoms with Crippen molar-refractivity contribution in [2.24, 2.45) is 5.92 Å². The highest BCUT2D eigenvalue weighted by atomic mass is 32.2. The fourth-order valence-corrected chi connectivity index (χ4v) is 7.09. The third kappa shape index (κ3) is 9.45. The number of benzene rings is 1. The van der Waals surface area contributed by atoms with E-state index in [1.165, 1.54) is 25.4 Å². The first kappa shape index (κ1) is 35.9. The molecular formula is C33H45FN8O7S. The van der Waals surface area contributed by atoms with Crippen LogP contribution < -0.4 is 25.2 Å². The summed E-state index contributed by atoms with van der Waals surface area (Å²) in [6.45, 7) is 5.53. The van der Waals surface area contributed by atoms with Crippen molar-refractivity contribution in [2.75, 3.05) is 75.5 Å². The van der Waals surface area contributed by atoms with Gasteiger partial charge in [0.05, 0.1) is 37.8 Å². The first-order chi connectivity index (χ1) is 24.1. The van der Waals surface area contributed by atoms with Gasteiger partial charge in [-0.3, -0.25) is 9.62 Å². The number of sulfonamides is 1. The van der Waals surface area contributed by atoms with Crippen molar-refractivity contribution >= 4 is 38.6 Å². The van der Waals surface area contributed by atoms with E-state index in [2.05, 4.69) is 25.4 Å². The number of aromatic nitrogens is 3. The van der Waals surface area contributed by atoms with Crippen molar-refractivity contribution in [3.8, 4) is 17.1 Å². The van der Waals surface area contributed by atoms with Crippen LogP contribution in [0.4, 0.5) is 20.8 Å². The maximum atomic E-state index is 15.4. The molecule has 0 aliphatic carbocycles. The number of anilines is 2. The van der Waals surface area contributed by atoms with Gasteiger partial charge in [-0.25, -0.2) is 42.9 Å². The average Bonchev–Trinajstić information content (AvgIpc) is 3.11. The van der Waals surface area contributed by atoms with Crippen molar-refractivity contribution in [1.29, 1.82) is 0 Å². The number of hydrogen-bond donors (Lipinski definition) is 3. The van der Waals surface area contributed by atoms with Gasteiger partial charge in [0.15, 0.2) is 6.29 Å². The zero-order valence-corrected chi connectivity index (χ0v) is 29.3. The molecule has 272 valence electrons. The molecule has 17 heteroatoms. The van der Waals surface area contributed by atoms with Crippen LogP contribution in [0.3, 0.4) is 0 Å². The van der Waals surface area contributed by atoms with Crippen molar-refractivity contribution in [2.45, 2.75) is 51.4 Å². The number of fused-ring (bicyclic) bond motifs is 1. The molecule has 0 bridgehead atoms. The Labute approximate surface area is 291 Å². The van der Waals surface area contributed by atoms with Gasteiger partial charge in [0, 0.05) is 56.4 Å². The van der Waals surface area contributed by atoms with Gasteiger partial charge in [-0.05, 0) is 74.9 Å². The predicted octanol–water partition coefficient (Wildman–Crippen LogP) is 3.41. The summed E-state index contributed by atoms with van der Waals surface area (Å²) in [5.74, 6) is 0.589. The van der Waals surface area contributed by atoms with Crippen LogP contribution >= 0.6 is 0 Å². The molecule has 3 saturated heterocycles. The third-order valence-electron chi connectivity index (χ3n) is 9.10.